The molecule has 0 saturated carbocycles. The van der Waals surface area contributed by atoms with Crippen LogP contribution < -0.4 is 0 Å². The molecular formula is C13H16BrN3O. The van der Waals surface area contributed by atoms with Crippen LogP contribution in [0.25, 0.3) is 11.4 Å². The van der Waals surface area contributed by atoms with E-state index in [1.807, 2.05) is 23.6 Å². The minimum atomic E-state index is -0.0868. The van der Waals surface area contributed by atoms with Gasteiger partial charge in [-0.3, -0.25) is 0 Å². The first-order valence-corrected chi connectivity index (χ1v) is 6.76. The summed E-state index contributed by atoms with van der Waals surface area (Å²) in [6.07, 6.45) is 0.974. The predicted octanol–water partition coefficient (Wildman–Crippen LogP) is 2.92. The van der Waals surface area contributed by atoms with E-state index in [1.165, 1.54) is 5.56 Å². The van der Waals surface area contributed by atoms with Gasteiger partial charge in [-0.25, -0.2) is 0 Å². The Morgan fingerprint density at radius 1 is 1.33 bits per heavy atom. The standard InChI is InChI=1S/C13H16BrN3O/c1-3-6-17-12(8-18)15-16-13(17)10-5-4-9(2)7-11(10)14/h4-5,7,18H,3,6,8H2,1-2H3. The lowest BCUT2D eigenvalue weighted by atomic mass is 10.1. The maximum absolute atomic E-state index is 9.28. The van der Waals surface area contributed by atoms with E-state index in [4.69, 9.17) is 0 Å². The molecule has 0 aliphatic heterocycles. The SMILES string of the molecule is CCCn1c(CO)nnc1-c1ccc(C)cc1Br. The lowest BCUT2D eigenvalue weighted by Gasteiger charge is -2.09. The second kappa shape index (κ2) is 5.63. The molecule has 2 rings (SSSR count). The zero-order valence-corrected chi connectivity index (χ0v) is 12.1. The van der Waals surface area contributed by atoms with Crippen molar-refractivity contribution in [3.05, 3.63) is 34.1 Å². The predicted molar refractivity (Wildman–Crippen MR) is 74.1 cm³/mol. The molecule has 0 aliphatic carbocycles. The number of benzene rings is 1. The third kappa shape index (κ3) is 2.47. The first-order chi connectivity index (χ1) is 8.67. The van der Waals surface area contributed by atoms with E-state index >= 15 is 0 Å². The molecule has 0 saturated heterocycles. The van der Waals surface area contributed by atoms with E-state index in [-0.39, 0.29) is 6.61 Å². The van der Waals surface area contributed by atoms with Crippen LogP contribution in [0.15, 0.2) is 22.7 Å². The number of rotatable bonds is 4. The van der Waals surface area contributed by atoms with Crippen LogP contribution in [-0.2, 0) is 13.2 Å². The molecular weight excluding hydrogens is 294 g/mol. The van der Waals surface area contributed by atoms with Gasteiger partial charge in [-0.2, -0.15) is 0 Å². The van der Waals surface area contributed by atoms with E-state index in [0.717, 1.165) is 28.8 Å². The molecule has 5 heteroatoms. The molecule has 0 unspecified atom stereocenters. The second-order valence-corrected chi connectivity index (χ2v) is 5.09. The number of aromatic nitrogens is 3. The highest BCUT2D eigenvalue weighted by Crippen LogP contribution is 2.28. The minimum absolute atomic E-state index is 0.0868. The van der Waals surface area contributed by atoms with Crippen molar-refractivity contribution in [3.63, 3.8) is 0 Å². The Hall–Kier alpha value is -1.20. The second-order valence-electron chi connectivity index (χ2n) is 4.23. The number of aliphatic hydroxyl groups excluding tert-OH is 1. The quantitative estimate of drug-likeness (QED) is 0.944. The number of nitrogens with zero attached hydrogens (tertiary/aromatic N) is 3. The van der Waals surface area contributed by atoms with Gasteiger partial charge in [0.1, 0.15) is 6.61 Å². The van der Waals surface area contributed by atoms with Crippen LogP contribution in [-0.4, -0.2) is 19.9 Å². The Balaban J connectivity index is 2.52. The van der Waals surface area contributed by atoms with Crippen LogP contribution in [0.5, 0.6) is 0 Å². The summed E-state index contributed by atoms with van der Waals surface area (Å²) < 4.78 is 2.96. The minimum Gasteiger partial charge on any atom is -0.388 e. The van der Waals surface area contributed by atoms with E-state index < -0.39 is 0 Å². The van der Waals surface area contributed by atoms with E-state index in [0.29, 0.717) is 5.82 Å². The normalized spacial score (nSPS) is 10.9. The van der Waals surface area contributed by atoms with Crippen molar-refractivity contribution >= 4 is 15.9 Å². The van der Waals surface area contributed by atoms with E-state index in [1.54, 1.807) is 0 Å². The fourth-order valence-corrected chi connectivity index (χ4v) is 2.58. The van der Waals surface area contributed by atoms with Gasteiger partial charge in [-0.1, -0.05) is 28.9 Å². The van der Waals surface area contributed by atoms with Gasteiger partial charge in [-0.15, -0.1) is 10.2 Å². The summed E-state index contributed by atoms with van der Waals surface area (Å²) >= 11 is 3.56. The number of aliphatic hydroxyl groups is 1. The number of hydrogen-bond donors (Lipinski definition) is 1. The molecule has 96 valence electrons. The average Bonchev–Trinajstić information content (AvgIpc) is 2.73. The summed E-state index contributed by atoms with van der Waals surface area (Å²) in [7, 11) is 0. The Bertz CT molecular complexity index is 551. The highest BCUT2D eigenvalue weighted by Gasteiger charge is 2.14. The smallest absolute Gasteiger partial charge is 0.165 e. The van der Waals surface area contributed by atoms with Crippen molar-refractivity contribution in [1.82, 2.24) is 14.8 Å². The Morgan fingerprint density at radius 2 is 2.11 bits per heavy atom. The van der Waals surface area contributed by atoms with Gasteiger partial charge < -0.3 is 9.67 Å². The molecule has 0 bridgehead atoms. The van der Waals surface area contributed by atoms with Crippen LogP contribution >= 0.6 is 15.9 Å². The molecule has 0 amide bonds. The first-order valence-electron chi connectivity index (χ1n) is 5.96. The van der Waals surface area contributed by atoms with Crippen LogP contribution in [0.1, 0.15) is 24.7 Å². The zero-order chi connectivity index (χ0) is 13.1. The summed E-state index contributed by atoms with van der Waals surface area (Å²) in [5, 5.41) is 17.5. The maximum atomic E-state index is 9.28. The van der Waals surface area contributed by atoms with Gasteiger partial charge in [0, 0.05) is 16.6 Å². The molecule has 18 heavy (non-hydrogen) atoms. The third-order valence-corrected chi connectivity index (χ3v) is 3.44. The summed E-state index contributed by atoms with van der Waals surface area (Å²) in [6, 6.07) is 6.12. The lowest BCUT2D eigenvalue weighted by molar-refractivity contribution is 0.264. The van der Waals surface area contributed by atoms with E-state index in [9.17, 15) is 5.11 Å². The summed E-state index contributed by atoms with van der Waals surface area (Å²) in [5.74, 6) is 1.41. The summed E-state index contributed by atoms with van der Waals surface area (Å²) in [6.45, 7) is 4.86. The van der Waals surface area contributed by atoms with Gasteiger partial charge in [-0.05, 0) is 31.0 Å². The fourth-order valence-electron chi connectivity index (χ4n) is 1.91. The van der Waals surface area contributed by atoms with Gasteiger partial charge in [0.2, 0.25) is 0 Å². The number of aryl methyl sites for hydroxylation is 1. The molecule has 0 spiro atoms. The Morgan fingerprint density at radius 3 is 2.72 bits per heavy atom. The van der Waals surface area contributed by atoms with Gasteiger partial charge >= 0.3 is 0 Å². The molecule has 0 fully saturated rings. The van der Waals surface area contributed by atoms with Crippen molar-refractivity contribution in [2.24, 2.45) is 0 Å². The molecule has 1 aromatic heterocycles. The third-order valence-electron chi connectivity index (χ3n) is 2.78. The van der Waals surface area contributed by atoms with E-state index in [2.05, 4.69) is 39.1 Å². The van der Waals surface area contributed by atoms with Gasteiger partial charge in [0.05, 0.1) is 0 Å². The molecule has 0 radical (unpaired) electrons. The molecule has 0 aliphatic rings. The average molecular weight is 310 g/mol. The van der Waals surface area contributed by atoms with Crippen LogP contribution in [0.3, 0.4) is 0 Å². The summed E-state index contributed by atoms with van der Waals surface area (Å²) in [5.41, 5.74) is 2.19. The zero-order valence-electron chi connectivity index (χ0n) is 10.5. The van der Waals surface area contributed by atoms with Crippen molar-refractivity contribution in [3.8, 4) is 11.4 Å². The maximum Gasteiger partial charge on any atom is 0.165 e. The largest absolute Gasteiger partial charge is 0.388 e. The molecule has 1 N–H and O–H groups in total. The van der Waals surface area contributed by atoms with Crippen molar-refractivity contribution < 1.29 is 5.11 Å². The van der Waals surface area contributed by atoms with Gasteiger partial charge in [0.25, 0.3) is 0 Å². The highest BCUT2D eigenvalue weighted by molar-refractivity contribution is 9.10. The molecule has 1 aromatic carbocycles. The highest BCUT2D eigenvalue weighted by atomic mass is 79.9. The molecule has 0 atom stereocenters. The topological polar surface area (TPSA) is 50.9 Å². The molecule has 1 heterocycles. The van der Waals surface area contributed by atoms with Crippen LogP contribution in [0, 0.1) is 6.92 Å². The molecule has 4 nitrogen and oxygen atoms in total. The van der Waals surface area contributed by atoms with Crippen molar-refractivity contribution in [2.45, 2.75) is 33.4 Å². The van der Waals surface area contributed by atoms with Crippen molar-refractivity contribution in [1.29, 1.82) is 0 Å². The fraction of sp³-hybridized carbons (Fsp3) is 0.385. The summed E-state index contributed by atoms with van der Waals surface area (Å²) in [4.78, 5) is 0. The number of halogens is 1. The van der Waals surface area contributed by atoms with Gasteiger partial charge in [0.15, 0.2) is 11.6 Å². The first kappa shape index (κ1) is 13.2. The van der Waals surface area contributed by atoms with Crippen LogP contribution in [0.4, 0.5) is 0 Å². The van der Waals surface area contributed by atoms with Crippen molar-refractivity contribution in [2.75, 3.05) is 0 Å². The number of hydrogen-bond acceptors (Lipinski definition) is 3. The van der Waals surface area contributed by atoms with Crippen LogP contribution in [0.2, 0.25) is 0 Å². The monoisotopic (exact) mass is 309 g/mol. The Labute approximate surface area is 115 Å². The molecule has 2 aromatic rings. The lowest BCUT2D eigenvalue weighted by Crippen LogP contribution is -2.05. The Kier molecular flexibility index (Phi) is 4.14.